The summed E-state index contributed by atoms with van der Waals surface area (Å²) >= 11 is 0. The molecule has 0 saturated heterocycles. The number of phenols is 1. The molecule has 1 amide bonds. The van der Waals surface area contributed by atoms with Crippen molar-refractivity contribution < 1.29 is 14.6 Å². The summed E-state index contributed by atoms with van der Waals surface area (Å²) in [6, 6.07) is 15.8. The fourth-order valence-electron chi connectivity index (χ4n) is 2.38. The van der Waals surface area contributed by atoms with Gasteiger partial charge in [-0.25, -0.2) is 5.43 Å². The highest BCUT2D eigenvalue weighted by molar-refractivity contribution is 6.02. The van der Waals surface area contributed by atoms with Gasteiger partial charge in [-0.3, -0.25) is 9.89 Å². The van der Waals surface area contributed by atoms with Crippen LogP contribution < -0.4 is 10.2 Å². The second-order valence-electron chi connectivity index (χ2n) is 5.55. The fraction of sp³-hybridized carbons (Fsp3) is 0.105. The zero-order chi connectivity index (χ0) is 18.5. The van der Waals surface area contributed by atoms with Crippen molar-refractivity contribution >= 4 is 11.6 Å². The lowest BCUT2D eigenvalue weighted by Gasteiger charge is -2.03. The van der Waals surface area contributed by atoms with E-state index < -0.39 is 5.91 Å². The first-order valence-electron chi connectivity index (χ1n) is 7.91. The van der Waals surface area contributed by atoms with Gasteiger partial charge in [0, 0.05) is 11.1 Å². The van der Waals surface area contributed by atoms with Crippen LogP contribution >= 0.6 is 0 Å². The minimum atomic E-state index is -0.424. The summed E-state index contributed by atoms with van der Waals surface area (Å²) in [7, 11) is 1.60. The minimum Gasteiger partial charge on any atom is -0.507 e. The molecule has 0 unspecified atom stereocenters. The summed E-state index contributed by atoms with van der Waals surface area (Å²) in [5, 5.41) is 20.7. The number of nitrogens with zero attached hydrogens (tertiary/aromatic N) is 2. The highest BCUT2D eigenvalue weighted by Crippen LogP contribution is 2.21. The van der Waals surface area contributed by atoms with Gasteiger partial charge in [0.05, 0.1) is 18.5 Å². The maximum Gasteiger partial charge on any atom is 0.289 e. The standard InChI is InChI=1S/C19H18N4O3/c1-12(15-5-3-4-6-18(15)24)20-23-19(25)17-11-16(21-22-17)13-7-9-14(26-2)10-8-13/h3-11,24H,1-2H3,(H,21,22)(H,23,25). The largest absolute Gasteiger partial charge is 0.507 e. The van der Waals surface area contributed by atoms with Crippen molar-refractivity contribution in [1.29, 1.82) is 0 Å². The van der Waals surface area contributed by atoms with E-state index in [-0.39, 0.29) is 11.4 Å². The molecule has 0 spiro atoms. The van der Waals surface area contributed by atoms with Gasteiger partial charge in [-0.2, -0.15) is 10.2 Å². The lowest BCUT2D eigenvalue weighted by molar-refractivity contribution is 0.0950. The number of para-hydroxylation sites is 1. The van der Waals surface area contributed by atoms with Crippen molar-refractivity contribution in [3.8, 4) is 22.8 Å². The third-order valence-electron chi connectivity index (χ3n) is 3.83. The number of hydrogen-bond acceptors (Lipinski definition) is 5. The molecule has 0 atom stereocenters. The zero-order valence-electron chi connectivity index (χ0n) is 14.4. The number of carbonyl (C=O) groups excluding carboxylic acids is 1. The number of amides is 1. The molecule has 0 saturated carbocycles. The van der Waals surface area contributed by atoms with Gasteiger partial charge in [0.15, 0.2) is 0 Å². The second-order valence-corrected chi connectivity index (χ2v) is 5.55. The molecule has 0 fully saturated rings. The zero-order valence-corrected chi connectivity index (χ0v) is 14.4. The molecule has 0 aliphatic heterocycles. The Bertz CT molecular complexity index is 945. The molecule has 1 aromatic heterocycles. The van der Waals surface area contributed by atoms with Crippen LogP contribution in [0.15, 0.2) is 59.7 Å². The van der Waals surface area contributed by atoms with Gasteiger partial charge < -0.3 is 9.84 Å². The number of carbonyl (C=O) groups is 1. The van der Waals surface area contributed by atoms with Crippen LogP contribution in [-0.4, -0.2) is 34.0 Å². The number of H-pyrrole nitrogens is 1. The van der Waals surface area contributed by atoms with E-state index in [4.69, 9.17) is 4.74 Å². The number of aromatic hydroxyl groups is 1. The van der Waals surface area contributed by atoms with Crippen LogP contribution in [0.2, 0.25) is 0 Å². The maximum absolute atomic E-state index is 12.2. The monoisotopic (exact) mass is 350 g/mol. The molecule has 2 aromatic carbocycles. The van der Waals surface area contributed by atoms with Crippen LogP contribution in [0.5, 0.6) is 11.5 Å². The number of phenolic OH excluding ortho intramolecular Hbond substituents is 1. The van der Waals surface area contributed by atoms with Gasteiger partial charge in [-0.15, -0.1) is 0 Å². The molecule has 1 heterocycles. The van der Waals surface area contributed by atoms with E-state index in [0.29, 0.717) is 17.0 Å². The molecule has 0 aliphatic rings. The van der Waals surface area contributed by atoms with Crippen molar-refractivity contribution in [3.63, 3.8) is 0 Å². The van der Waals surface area contributed by atoms with Crippen LogP contribution in [0, 0.1) is 0 Å². The third kappa shape index (κ3) is 3.72. The lowest BCUT2D eigenvalue weighted by atomic mass is 10.1. The SMILES string of the molecule is COc1ccc(-c2cc(C(=O)NN=C(C)c3ccccc3O)[nH]n2)cc1. The molecular weight excluding hydrogens is 332 g/mol. The molecule has 3 rings (SSSR count). The Labute approximate surface area is 150 Å². The van der Waals surface area contributed by atoms with Gasteiger partial charge in [0.25, 0.3) is 5.91 Å². The van der Waals surface area contributed by atoms with Crippen molar-refractivity contribution in [2.45, 2.75) is 6.92 Å². The Hall–Kier alpha value is -3.61. The topological polar surface area (TPSA) is 99.6 Å². The summed E-state index contributed by atoms with van der Waals surface area (Å²) in [6.07, 6.45) is 0. The number of benzene rings is 2. The fourth-order valence-corrected chi connectivity index (χ4v) is 2.38. The number of ether oxygens (including phenoxy) is 1. The minimum absolute atomic E-state index is 0.103. The Balaban J connectivity index is 1.72. The predicted molar refractivity (Wildman–Crippen MR) is 98.4 cm³/mol. The van der Waals surface area contributed by atoms with Gasteiger partial charge in [-0.05, 0) is 49.4 Å². The Morgan fingerprint density at radius 1 is 1.19 bits per heavy atom. The molecule has 0 aliphatic carbocycles. The molecule has 7 heteroatoms. The maximum atomic E-state index is 12.2. The van der Waals surface area contributed by atoms with Crippen molar-refractivity contribution in [1.82, 2.24) is 15.6 Å². The van der Waals surface area contributed by atoms with Crippen LogP contribution in [0.25, 0.3) is 11.3 Å². The van der Waals surface area contributed by atoms with E-state index in [1.54, 1.807) is 44.4 Å². The number of aromatic amines is 1. The van der Waals surface area contributed by atoms with Crippen LogP contribution in [0.4, 0.5) is 0 Å². The van der Waals surface area contributed by atoms with Crippen LogP contribution in [0.1, 0.15) is 23.0 Å². The highest BCUT2D eigenvalue weighted by atomic mass is 16.5. The number of hydrogen-bond donors (Lipinski definition) is 3. The number of methoxy groups -OCH3 is 1. The van der Waals surface area contributed by atoms with Gasteiger partial charge in [0.2, 0.25) is 0 Å². The predicted octanol–water partition coefficient (Wildman–Crippen LogP) is 2.94. The van der Waals surface area contributed by atoms with Gasteiger partial charge in [0.1, 0.15) is 17.2 Å². The van der Waals surface area contributed by atoms with Gasteiger partial charge in [-0.1, -0.05) is 12.1 Å². The van der Waals surface area contributed by atoms with Crippen molar-refractivity contribution in [2.24, 2.45) is 5.10 Å². The van der Waals surface area contributed by atoms with Crippen LogP contribution in [-0.2, 0) is 0 Å². The Morgan fingerprint density at radius 3 is 2.62 bits per heavy atom. The van der Waals surface area contributed by atoms with Crippen molar-refractivity contribution in [3.05, 3.63) is 65.9 Å². The third-order valence-corrected chi connectivity index (χ3v) is 3.83. The normalized spacial score (nSPS) is 11.2. The first-order chi connectivity index (χ1) is 12.6. The first kappa shape index (κ1) is 17.2. The average molecular weight is 350 g/mol. The molecule has 0 radical (unpaired) electrons. The summed E-state index contributed by atoms with van der Waals surface area (Å²) in [5.74, 6) is 0.426. The molecule has 0 bridgehead atoms. The summed E-state index contributed by atoms with van der Waals surface area (Å²) in [4.78, 5) is 12.2. The van der Waals surface area contributed by atoms with E-state index in [0.717, 1.165) is 11.3 Å². The lowest BCUT2D eigenvalue weighted by Crippen LogP contribution is -2.19. The molecule has 26 heavy (non-hydrogen) atoms. The van der Waals surface area contributed by atoms with Crippen molar-refractivity contribution in [2.75, 3.05) is 7.11 Å². The van der Waals surface area contributed by atoms with E-state index in [1.165, 1.54) is 0 Å². The highest BCUT2D eigenvalue weighted by Gasteiger charge is 2.11. The summed E-state index contributed by atoms with van der Waals surface area (Å²) < 4.78 is 5.12. The number of rotatable bonds is 5. The molecule has 3 N–H and O–H groups in total. The number of nitrogens with one attached hydrogen (secondary N) is 2. The summed E-state index contributed by atoms with van der Waals surface area (Å²) in [6.45, 7) is 1.70. The molecule has 3 aromatic rings. The Kier molecular flexibility index (Phi) is 4.98. The second kappa shape index (κ2) is 7.52. The van der Waals surface area contributed by atoms with Gasteiger partial charge >= 0.3 is 0 Å². The quantitative estimate of drug-likeness (QED) is 0.486. The molecule has 132 valence electrons. The first-order valence-corrected chi connectivity index (χ1v) is 7.91. The smallest absolute Gasteiger partial charge is 0.289 e. The van der Waals surface area contributed by atoms with E-state index in [1.807, 2.05) is 24.3 Å². The number of hydrazone groups is 1. The number of aromatic nitrogens is 2. The van der Waals surface area contributed by atoms with E-state index >= 15 is 0 Å². The average Bonchev–Trinajstić information content (AvgIpc) is 3.16. The molecular formula is C19H18N4O3. The molecule has 7 nitrogen and oxygen atoms in total. The van der Waals surface area contributed by atoms with E-state index in [9.17, 15) is 9.90 Å². The Morgan fingerprint density at radius 2 is 1.92 bits per heavy atom. The summed E-state index contributed by atoms with van der Waals surface area (Å²) in [5.41, 5.74) is 5.27. The van der Waals surface area contributed by atoms with E-state index in [2.05, 4.69) is 20.7 Å². The van der Waals surface area contributed by atoms with Crippen LogP contribution in [0.3, 0.4) is 0 Å².